The average Bonchev–Trinajstić information content (AvgIpc) is 3.40. The summed E-state index contributed by atoms with van der Waals surface area (Å²) < 4.78 is 1.56. The van der Waals surface area contributed by atoms with Gasteiger partial charge in [-0.25, -0.2) is 4.68 Å². The predicted molar refractivity (Wildman–Crippen MR) is 102 cm³/mol. The zero-order valence-corrected chi connectivity index (χ0v) is 15.5. The fraction of sp³-hybridized carbons (Fsp3) is 0.421. The first kappa shape index (κ1) is 18.1. The number of fused-ring (bicyclic) bond motifs is 1. The number of nitrogens with zero attached hydrogens (tertiary/aromatic N) is 5. The van der Waals surface area contributed by atoms with Gasteiger partial charge in [-0.3, -0.25) is 9.59 Å². The van der Waals surface area contributed by atoms with Gasteiger partial charge < -0.3 is 15.2 Å². The summed E-state index contributed by atoms with van der Waals surface area (Å²) >= 11 is 0. The maximum atomic E-state index is 12.5. The second-order valence-corrected chi connectivity index (χ2v) is 7.15. The van der Waals surface area contributed by atoms with Crippen LogP contribution in [-0.4, -0.2) is 61.5 Å². The van der Waals surface area contributed by atoms with E-state index in [0.717, 1.165) is 30.3 Å². The van der Waals surface area contributed by atoms with Crippen LogP contribution in [0.1, 0.15) is 29.8 Å². The maximum Gasteiger partial charge on any atom is 0.267 e. The number of para-hydroxylation sites is 1. The van der Waals surface area contributed by atoms with Crippen molar-refractivity contribution in [2.45, 2.75) is 25.8 Å². The van der Waals surface area contributed by atoms with Crippen LogP contribution in [0.15, 0.2) is 36.7 Å². The number of piperidine rings is 1. The van der Waals surface area contributed by atoms with Crippen molar-refractivity contribution in [2.24, 2.45) is 5.92 Å². The van der Waals surface area contributed by atoms with Gasteiger partial charge in [0.2, 0.25) is 5.91 Å². The third kappa shape index (κ3) is 4.19. The summed E-state index contributed by atoms with van der Waals surface area (Å²) in [5.41, 5.74) is 1.51. The third-order valence-corrected chi connectivity index (χ3v) is 5.14. The van der Waals surface area contributed by atoms with Crippen LogP contribution in [-0.2, 0) is 11.3 Å². The number of aryl methyl sites for hydroxylation is 1. The average molecular weight is 381 g/mol. The van der Waals surface area contributed by atoms with Crippen LogP contribution in [0.4, 0.5) is 0 Å². The molecule has 0 radical (unpaired) electrons. The highest BCUT2D eigenvalue weighted by atomic mass is 16.2. The van der Waals surface area contributed by atoms with Gasteiger partial charge in [-0.1, -0.05) is 18.2 Å². The molecule has 1 saturated heterocycles. The van der Waals surface area contributed by atoms with Crippen molar-refractivity contribution in [3.05, 3.63) is 42.4 Å². The first-order valence-corrected chi connectivity index (χ1v) is 9.53. The fourth-order valence-corrected chi connectivity index (χ4v) is 3.64. The van der Waals surface area contributed by atoms with Crippen LogP contribution in [0.3, 0.4) is 0 Å². The van der Waals surface area contributed by atoms with E-state index in [1.54, 1.807) is 4.68 Å². The Bertz CT molecular complexity index is 917. The van der Waals surface area contributed by atoms with E-state index in [1.165, 1.54) is 6.33 Å². The van der Waals surface area contributed by atoms with Crippen LogP contribution < -0.4 is 5.32 Å². The minimum Gasteiger partial charge on any atom is -0.351 e. The fourth-order valence-electron chi connectivity index (χ4n) is 3.64. The van der Waals surface area contributed by atoms with E-state index in [1.807, 2.05) is 35.2 Å². The molecule has 3 heterocycles. The van der Waals surface area contributed by atoms with Gasteiger partial charge in [-0.2, -0.15) is 0 Å². The number of benzene rings is 1. The maximum absolute atomic E-state index is 12.5. The van der Waals surface area contributed by atoms with E-state index in [9.17, 15) is 9.59 Å². The van der Waals surface area contributed by atoms with E-state index in [-0.39, 0.29) is 17.7 Å². The molecule has 2 N–H and O–H groups in total. The molecule has 0 aliphatic carbocycles. The highest BCUT2D eigenvalue weighted by molar-refractivity contribution is 5.97. The predicted octanol–water partition coefficient (Wildman–Crippen LogP) is 1.21. The van der Waals surface area contributed by atoms with Crippen LogP contribution in [0.2, 0.25) is 0 Å². The molecule has 9 nitrogen and oxygen atoms in total. The highest BCUT2D eigenvalue weighted by Gasteiger charge is 2.24. The van der Waals surface area contributed by atoms with Gasteiger partial charge in [0.15, 0.2) is 0 Å². The molecule has 9 heteroatoms. The Morgan fingerprint density at radius 3 is 3.00 bits per heavy atom. The number of amides is 2. The summed E-state index contributed by atoms with van der Waals surface area (Å²) in [4.78, 5) is 29.9. The molecule has 3 aromatic rings. The Labute approximate surface area is 162 Å². The summed E-state index contributed by atoms with van der Waals surface area (Å²) in [6.07, 6.45) is 3.83. The van der Waals surface area contributed by atoms with Crippen LogP contribution in [0.5, 0.6) is 0 Å². The van der Waals surface area contributed by atoms with Gasteiger partial charge in [0, 0.05) is 37.0 Å². The minimum absolute atomic E-state index is 0.0992. The van der Waals surface area contributed by atoms with E-state index < -0.39 is 0 Å². The van der Waals surface area contributed by atoms with E-state index in [0.29, 0.717) is 31.7 Å². The topological polar surface area (TPSA) is 109 Å². The van der Waals surface area contributed by atoms with Crippen molar-refractivity contribution in [3.8, 4) is 0 Å². The quantitative estimate of drug-likeness (QED) is 0.667. The lowest BCUT2D eigenvalue weighted by Gasteiger charge is -2.33. The van der Waals surface area contributed by atoms with Crippen molar-refractivity contribution in [2.75, 3.05) is 19.6 Å². The molecule has 146 valence electrons. The molecule has 0 spiro atoms. The molecule has 1 aromatic carbocycles. The first-order chi connectivity index (χ1) is 13.7. The summed E-state index contributed by atoms with van der Waals surface area (Å²) in [5.74, 6) is 0.250. The lowest BCUT2D eigenvalue weighted by Crippen LogP contribution is -2.44. The van der Waals surface area contributed by atoms with E-state index >= 15 is 0 Å². The van der Waals surface area contributed by atoms with Crippen LogP contribution in [0.25, 0.3) is 10.9 Å². The normalized spacial score (nSPS) is 17.0. The molecule has 0 unspecified atom stereocenters. The number of rotatable bonds is 6. The molecule has 1 fully saturated rings. The van der Waals surface area contributed by atoms with Gasteiger partial charge in [-0.05, 0) is 41.3 Å². The first-order valence-electron chi connectivity index (χ1n) is 9.53. The molecule has 1 atom stereocenters. The number of aromatic nitrogens is 5. The molecule has 2 aromatic heterocycles. The number of carbonyl (C=O) groups is 2. The molecule has 1 aliphatic heterocycles. The summed E-state index contributed by atoms with van der Waals surface area (Å²) in [6, 6.07) is 9.67. The molecule has 0 bridgehead atoms. The summed E-state index contributed by atoms with van der Waals surface area (Å²) in [6.45, 7) is 2.47. The standard InChI is InChI=1S/C19H23N7O2/c27-18(7-9-26-13-21-23-24-26)25-8-3-4-14(12-25)11-20-19(28)17-10-15-5-1-2-6-16(15)22-17/h1-2,5-6,10,13-14,22H,3-4,7-9,11-12H2,(H,20,28)/t14-/m0/s1. The monoisotopic (exact) mass is 381 g/mol. The molecular formula is C19H23N7O2. The molecule has 28 heavy (non-hydrogen) atoms. The number of hydrogen-bond acceptors (Lipinski definition) is 5. The smallest absolute Gasteiger partial charge is 0.267 e. The van der Waals surface area contributed by atoms with E-state index in [4.69, 9.17) is 0 Å². The molecule has 2 amide bonds. The third-order valence-electron chi connectivity index (χ3n) is 5.14. The number of carbonyl (C=O) groups excluding carboxylic acids is 2. The lowest BCUT2D eigenvalue weighted by molar-refractivity contribution is -0.133. The molecular weight excluding hydrogens is 358 g/mol. The summed E-state index contributed by atoms with van der Waals surface area (Å²) in [7, 11) is 0. The second-order valence-electron chi connectivity index (χ2n) is 7.15. The number of likely N-dealkylation sites (tertiary alicyclic amines) is 1. The molecule has 0 saturated carbocycles. The van der Waals surface area contributed by atoms with Crippen molar-refractivity contribution in [1.82, 2.24) is 35.4 Å². The number of tetrazole rings is 1. The van der Waals surface area contributed by atoms with Crippen molar-refractivity contribution < 1.29 is 9.59 Å². The minimum atomic E-state index is -0.113. The van der Waals surface area contributed by atoms with Crippen molar-refractivity contribution in [1.29, 1.82) is 0 Å². The van der Waals surface area contributed by atoms with Gasteiger partial charge in [0.25, 0.3) is 5.91 Å². The Morgan fingerprint density at radius 2 is 2.18 bits per heavy atom. The van der Waals surface area contributed by atoms with Crippen LogP contribution in [0, 0.1) is 5.92 Å². The zero-order valence-electron chi connectivity index (χ0n) is 15.5. The number of aromatic amines is 1. The van der Waals surface area contributed by atoms with Crippen LogP contribution >= 0.6 is 0 Å². The summed E-state index contributed by atoms with van der Waals surface area (Å²) in [5, 5.41) is 14.9. The number of nitrogens with one attached hydrogen (secondary N) is 2. The van der Waals surface area contributed by atoms with Gasteiger partial charge in [0.05, 0.1) is 6.54 Å². The highest BCUT2D eigenvalue weighted by Crippen LogP contribution is 2.18. The number of H-pyrrole nitrogens is 1. The Kier molecular flexibility index (Phi) is 5.31. The Balaban J connectivity index is 1.27. The van der Waals surface area contributed by atoms with Crippen molar-refractivity contribution in [3.63, 3.8) is 0 Å². The molecule has 1 aliphatic rings. The van der Waals surface area contributed by atoms with Gasteiger partial charge >= 0.3 is 0 Å². The Morgan fingerprint density at radius 1 is 1.29 bits per heavy atom. The largest absolute Gasteiger partial charge is 0.351 e. The van der Waals surface area contributed by atoms with Gasteiger partial charge in [-0.15, -0.1) is 5.10 Å². The second kappa shape index (κ2) is 8.20. The van der Waals surface area contributed by atoms with E-state index in [2.05, 4.69) is 25.8 Å². The van der Waals surface area contributed by atoms with Crippen molar-refractivity contribution >= 4 is 22.7 Å². The SMILES string of the molecule is O=C(NC[C@@H]1CCCN(C(=O)CCn2cnnn2)C1)c1cc2ccccc2[nH]1. The van der Waals surface area contributed by atoms with Gasteiger partial charge in [0.1, 0.15) is 12.0 Å². The zero-order chi connectivity index (χ0) is 19.3. The lowest BCUT2D eigenvalue weighted by atomic mass is 9.97. The molecule has 4 rings (SSSR count). The number of hydrogen-bond donors (Lipinski definition) is 2. The Hall–Kier alpha value is -3.23.